The molecule has 1 saturated heterocycles. The summed E-state index contributed by atoms with van der Waals surface area (Å²) in [6.45, 7) is 3.27. The van der Waals surface area contributed by atoms with E-state index in [-0.39, 0.29) is 17.6 Å². The summed E-state index contributed by atoms with van der Waals surface area (Å²) in [5.41, 5.74) is 1.81. The third kappa shape index (κ3) is 5.79. The Morgan fingerprint density at radius 1 is 1.20 bits per heavy atom. The number of benzene rings is 2. The molecule has 0 radical (unpaired) electrons. The van der Waals surface area contributed by atoms with Crippen molar-refractivity contribution < 1.29 is 13.9 Å². The van der Waals surface area contributed by atoms with Gasteiger partial charge in [-0.1, -0.05) is 42.5 Å². The number of morpholine rings is 1. The molecule has 160 valence electrons. The third-order valence-corrected chi connectivity index (χ3v) is 5.17. The molecule has 2 aromatic carbocycles. The quantitative estimate of drug-likeness (QED) is 0.585. The van der Waals surface area contributed by atoms with Crippen LogP contribution in [0.1, 0.15) is 17.0 Å². The number of hydrogen-bond acceptors (Lipinski definition) is 3. The van der Waals surface area contributed by atoms with Gasteiger partial charge >= 0.3 is 0 Å². The second-order valence-electron chi connectivity index (χ2n) is 7.32. The lowest BCUT2D eigenvalue weighted by atomic mass is 9.97. The number of halogens is 1. The molecular weight excluding hydrogens is 383 g/mol. The van der Waals surface area contributed by atoms with E-state index in [0.29, 0.717) is 45.4 Å². The molecule has 0 bridgehead atoms. The molecular formula is C23H29FN4O2. The van der Waals surface area contributed by atoms with E-state index < -0.39 is 0 Å². The predicted molar refractivity (Wildman–Crippen MR) is 116 cm³/mol. The average molecular weight is 413 g/mol. The van der Waals surface area contributed by atoms with Gasteiger partial charge in [0.05, 0.1) is 19.1 Å². The standard InChI is InChI=1S/C23H29FN4O2/c1-25-23(27(2)17-18-7-6-10-20(24)15-18)26-16-21(19-8-4-3-5-9-19)22(29)28-11-13-30-14-12-28/h3-10,15,21H,11-14,16-17H2,1-2H3,(H,25,26). The molecule has 1 aliphatic heterocycles. The zero-order valence-corrected chi connectivity index (χ0v) is 17.6. The Labute approximate surface area is 177 Å². The predicted octanol–water partition coefficient (Wildman–Crippen LogP) is 2.48. The summed E-state index contributed by atoms with van der Waals surface area (Å²) in [4.78, 5) is 21.3. The molecule has 7 heteroatoms. The van der Waals surface area contributed by atoms with Crippen LogP contribution in [0.2, 0.25) is 0 Å². The van der Waals surface area contributed by atoms with Gasteiger partial charge < -0.3 is 19.9 Å². The van der Waals surface area contributed by atoms with Crippen LogP contribution in [-0.2, 0) is 16.1 Å². The van der Waals surface area contributed by atoms with Gasteiger partial charge in [0.1, 0.15) is 5.82 Å². The number of nitrogens with zero attached hydrogens (tertiary/aromatic N) is 3. The lowest BCUT2D eigenvalue weighted by Crippen LogP contribution is -2.47. The molecule has 0 spiro atoms. The van der Waals surface area contributed by atoms with E-state index in [2.05, 4.69) is 10.3 Å². The number of aliphatic imine (C=N–C) groups is 1. The number of hydrogen-bond donors (Lipinski definition) is 1. The maximum absolute atomic E-state index is 13.5. The summed E-state index contributed by atoms with van der Waals surface area (Å²) >= 11 is 0. The summed E-state index contributed by atoms with van der Waals surface area (Å²) in [6.07, 6.45) is 0. The molecule has 1 unspecified atom stereocenters. The van der Waals surface area contributed by atoms with Crippen molar-refractivity contribution in [3.05, 3.63) is 71.5 Å². The second kappa shape index (κ2) is 10.7. The molecule has 6 nitrogen and oxygen atoms in total. The number of ether oxygens (including phenoxy) is 1. The Hall–Kier alpha value is -2.93. The topological polar surface area (TPSA) is 57.2 Å². The van der Waals surface area contributed by atoms with Gasteiger partial charge in [0.25, 0.3) is 0 Å². The van der Waals surface area contributed by atoms with E-state index >= 15 is 0 Å². The van der Waals surface area contributed by atoms with Crippen LogP contribution in [0.25, 0.3) is 0 Å². The maximum atomic E-state index is 13.5. The van der Waals surface area contributed by atoms with Crippen LogP contribution in [0.15, 0.2) is 59.6 Å². The number of guanidine groups is 1. The van der Waals surface area contributed by atoms with E-state index in [0.717, 1.165) is 11.1 Å². The van der Waals surface area contributed by atoms with Gasteiger partial charge in [0, 0.05) is 40.3 Å². The Morgan fingerprint density at radius 3 is 2.60 bits per heavy atom. The second-order valence-corrected chi connectivity index (χ2v) is 7.32. The zero-order valence-electron chi connectivity index (χ0n) is 17.6. The first-order valence-corrected chi connectivity index (χ1v) is 10.2. The SMILES string of the molecule is CN=C(NCC(C(=O)N1CCOCC1)c1ccccc1)N(C)Cc1cccc(F)c1. The van der Waals surface area contributed by atoms with Gasteiger partial charge in [0.2, 0.25) is 5.91 Å². The fraction of sp³-hybridized carbons (Fsp3) is 0.391. The highest BCUT2D eigenvalue weighted by molar-refractivity contribution is 5.86. The fourth-order valence-electron chi connectivity index (χ4n) is 3.60. The van der Waals surface area contributed by atoms with E-state index in [1.54, 1.807) is 13.1 Å². The van der Waals surface area contributed by atoms with Gasteiger partial charge in [-0.2, -0.15) is 0 Å². The van der Waals surface area contributed by atoms with Crippen LogP contribution in [-0.4, -0.2) is 68.6 Å². The smallest absolute Gasteiger partial charge is 0.232 e. The highest BCUT2D eigenvalue weighted by Crippen LogP contribution is 2.19. The summed E-state index contributed by atoms with van der Waals surface area (Å²) < 4.78 is 18.9. The molecule has 1 heterocycles. The number of carbonyl (C=O) groups excluding carboxylic acids is 1. The van der Waals surface area contributed by atoms with Crippen molar-refractivity contribution in [2.75, 3.05) is 46.9 Å². The Kier molecular flexibility index (Phi) is 7.79. The lowest BCUT2D eigenvalue weighted by molar-refractivity contribution is -0.136. The van der Waals surface area contributed by atoms with Gasteiger partial charge in [-0.3, -0.25) is 9.79 Å². The first-order chi connectivity index (χ1) is 14.6. The van der Waals surface area contributed by atoms with Crippen LogP contribution in [0.3, 0.4) is 0 Å². The van der Waals surface area contributed by atoms with Crippen LogP contribution in [0, 0.1) is 5.82 Å². The molecule has 1 N–H and O–H groups in total. The normalized spacial score (nSPS) is 15.6. The fourth-order valence-corrected chi connectivity index (χ4v) is 3.60. The van der Waals surface area contributed by atoms with E-state index in [4.69, 9.17) is 4.74 Å². The van der Waals surface area contributed by atoms with Gasteiger partial charge in [-0.25, -0.2) is 4.39 Å². The van der Waals surface area contributed by atoms with Crippen molar-refractivity contribution in [3.8, 4) is 0 Å². The highest BCUT2D eigenvalue weighted by atomic mass is 19.1. The summed E-state index contributed by atoms with van der Waals surface area (Å²) in [5, 5.41) is 3.33. The first-order valence-electron chi connectivity index (χ1n) is 10.2. The minimum atomic E-state index is -0.330. The van der Waals surface area contributed by atoms with Crippen LogP contribution in [0.4, 0.5) is 4.39 Å². The highest BCUT2D eigenvalue weighted by Gasteiger charge is 2.27. The molecule has 0 aliphatic carbocycles. The van der Waals surface area contributed by atoms with Crippen molar-refractivity contribution >= 4 is 11.9 Å². The minimum Gasteiger partial charge on any atom is -0.378 e. The molecule has 0 saturated carbocycles. The number of rotatable bonds is 6. The minimum absolute atomic E-state index is 0.0836. The summed E-state index contributed by atoms with van der Waals surface area (Å²) in [5.74, 6) is 0.142. The van der Waals surface area contributed by atoms with E-state index in [1.165, 1.54) is 12.1 Å². The zero-order chi connectivity index (χ0) is 21.3. The number of carbonyl (C=O) groups is 1. The van der Waals surface area contributed by atoms with Gasteiger partial charge in [0.15, 0.2) is 5.96 Å². The Bertz CT molecular complexity index is 853. The summed E-state index contributed by atoms with van der Waals surface area (Å²) in [6, 6.07) is 16.3. The molecule has 1 fully saturated rings. The van der Waals surface area contributed by atoms with E-state index in [1.807, 2.05) is 53.2 Å². The Morgan fingerprint density at radius 2 is 1.93 bits per heavy atom. The van der Waals surface area contributed by atoms with Gasteiger partial charge in [-0.05, 0) is 23.3 Å². The Balaban J connectivity index is 1.69. The average Bonchev–Trinajstić information content (AvgIpc) is 2.77. The van der Waals surface area contributed by atoms with Crippen molar-refractivity contribution in [2.45, 2.75) is 12.5 Å². The monoisotopic (exact) mass is 412 g/mol. The molecule has 1 atom stereocenters. The van der Waals surface area contributed by atoms with Crippen molar-refractivity contribution in [2.24, 2.45) is 4.99 Å². The number of nitrogens with one attached hydrogen (secondary N) is 1. The molecule has 1 aliphatic rings. The van der Waals surface area contributed by atoms with Crippen molar-refractivity contribution in [1.29, 1.82) is 0 Å². The van der Waals surface area contributed by atoms with E-state index in [9.17, 15) is 9.18 Å². The number of amides is 1. The molecule has 2 aromatic rings. The van der Waals surface area contributed by atoms with Crippen molar-refractivity contribution in [1.82, 2.24) is 15.1 Å². The third-order valence-electron chi connectivity index (χ3n) is 5.17. The molecule has 30 heavy (non-hydrogen) atoms. The molecule has 3 rings (SSSR count). The maximum Gasteiger partial charge on any atom is 0.232 e. The largest absolute Gasteiger partial charge is 0.378 e. The van der Waals surface area contributed by atoms with Crippen LogP contribution < -0.4 is 5.32 Å². The molecule has 1 amide bonds. The van der Waals surface area contributed by atoms with Crippen LogP contribution in [0.5, 0.6) is 0 Å². The summed E-state index contributed by atoms with van der Waals surface area (Å²) in [7, 11) is 3.59. The first kappa shape index (κ1) is 21.8. The van der Waals surface area contributed by atoms with Gasteiger partial charge in [-0.15, -0.1) is 0 Å². The van der Waals surface area contributed by atoms with Crippen LogP contribution >= 0.6 is 0 Å². The van der Waals surface area contributed by atoms with Crippen molar-refractivity contribution in [3.63, 3.8) is 0 Å². The lowest BCUT2D eigenvalue weighted by Gasteiger charge is -2.31. The molecule has 0 aromatic heterocycles.